The fourth-order valence-electron chi connectivity index (χ4n) is 1.01. The first-order chi connectivity index (χ1) is 6.93. The van der Waals surface area contributed by atoms with Gasteiger partial charge >= 0.3 is 0 Å². The van der Waals surface area contributed by atoms with E-state index in [2.05, 4.69) is 4.74 Å². The maximum Gasteiger partial charge on any atom is 0.201 e. The van der Waals surface area contributed by atoms with Crippen molar-refractivity contribution in [3.8, 4) is 5.75 Å². The van der Waals surface area contributed by atoms with Crippen molar-refractivity contribution in [2.24, 2.45) is 0 Å². The first-order valence-corrected chi connectivity index (χ1v) is 4.19. The van der Waals surface area contributed by atoms with Gasteiger partial charge in [-0.3, -0.25) is 4.79 Å². The van der Waals surface area contributed by atoms with Crippen molar-refractivity contribution < 1.29 is 22.7 Å². The SMILES string of the molecule is CC(=O)COc1c(C)c(F)cc(F)c1F. The van der Waals surface area contributed by atoms with Crippen LogP contribution in [0.15, 0.2) is 6.07 Å². The van der Waals surface area contributed by atoms with E-state index in [0.29, 0.717) is 6.07 Å². The Balaban J connectivity index is 3.09. The average molecular weight is 218 g/mol. The molecule has 1 aromatic rings. The Bertz CT molecular complexity index is 376. The van der Waals surface area contributed by atoms with Crippen molar-refractivity contribution in [2.75, 3.05) is 6.61 Å². The maximum absolute atomic E-state index is 13.1. The molecule has 0 bridgehead atoms. The van der Waals surface area contributed by atoms with Crippen molar-refractivity contribution >= 4 is 5.78 Å². The molecule has 5 heteroatoms. The number of ketones is 1. The molecule has 0 aliphatic heterocycles. The molecule has 0 radical (unpaired) electrons. The molecule has 1 aromatic carbocycles. The summed E-state index contributed by atoms with van der Waals surface area (Å²) in [5.41, 5.74) is -0.157. The molecule has 0 saturated heterocycles. The molecule has 0 fully saturated rings. The second-order valence-corrected chi connectivity index (χ2v) is 3.10. The summed E-state index contributed by atoms with van der Waals surface area (Å²) in [5.74, 6) is -4.44. The van der Waals surface area contributed by atoms with E-state index in [-0.39, 0.29) is 11.3 Å². The van der Waals surface area contributed by atoms with Crippen LogP contribution in [0.1, 0.15) is 12.5 Å². The molecule has 2 nitrogen and oxygen atoms in total. The zero-order valence-electron chi connectivity index (χ0n) is 8.23. The minimum atomic E-state index is -1.34. The summed E-state index contributed by atoms with van der Waals surface area (Å²) in [4.78, 5) is 10.6. The Kier molecular flexibility index (Phi) is 3.34. The number of hydrogen-bond acceptors (Lipinski definition) is 2. The number of carbonyl (C=O) groups is 1. The van der Waals surface area contributed by atoms with Crippen LogP contribution in [-0.4, -0.2) is 12.4 Å². The number of benzene rings is 1. The van der Waals surface area contributed by atoms with Crippen molar-refractivity contribution in [3.05, 3.63) is 29.1 Å². The Hall–Kier alpha value is -1.52. The van der Waals surface area contributed by atoms with E-state index in [4.69, 9.17) is 0 Å². The van der Waals surface area contributed by atoms with Gasteiger partial charge in [-0.2, -0.15) is 4.39 Å². The van der Waals surface area contributed by atoms with E-state index >= 15 is 0 Å². The molecular formula is C10H9F3O2. The molecule has 0 aliphatic rings. The third-order valence-corrected chi connectivity index (χ3v) is 1.78. The van der Waals surface area contributed by atoms with E-state index < -0.39 is 29.8 Å². The molecule has 15 heavy (non-hydrogen) atoms. The fourth-order valence-corrected chi connectivity index (χ4v) is 1.01. The van der Waals surface area contributed by atoms with Gasteiger partial charge in [0.2, 0.25) is 5.82 Å². The first-order valence-electron chi connectivity index (χ1n) is 4.19. The highest BCUT2D eigenvalue weighted by molar-refractivity contribution is 5.77. The number of rotatable bonds is 3. The number of Topliss-reactive ketones (excluding diaryl/α,β-unsaturated/α-hetero) is 1. The summed E-state index contributed by atoms with van der Waals surface area (Å²) < 4.78 is 43.5. The van der Waals surface area contributed by atoms with E-state index in [1.807, 2.05) is 0 Å². The normalized spacial score (nSPS) is 10.2. The standard InChI is InChI=1S/C10H9F3O2/c1-5(14)4-15-10-6(2)7(11)3-8(12)9(10)13/h3H,4H2,1-2H3. The minimum absolute atomic E-state index is 0.157. The lowest BCUT2D eigenvalue weighted by Crippen LogP contribution is -2.10. The van der Waals surface area contributed by atoms with Gasteiger partial charge in [-0.05, 0) is 13.8 Å². The van der Waals surface area contributed by atoms with Gasteiger partial charge in [-0.25, -0.2) is 8.78 Å². The highest BCUT2D eigenvalue weighted by Gasteiger charge is 2.17. The van der Waals surface area contributed by atoms with Gasteiger partial charge in [-0.15, -0.1) is 0 Å². The number of ether oxygens (including phenoxy) is 1. The van der Waals surface area contributed by atoms with Gasteiger partial charge in [0, 0.05) is 11.6 Å². The quantitative estimate of drug-likeness (QED) is 0.728. The van der Waals surface area contributed by atoms with Crippen LogP contribution in [0.5, 0.6) is 5.75 Å². The summed E-state index contributed by atoms with van der Waals surface area (Å²) in [5, 5.41) is 0. The van der Waals surface area contributed by atoms with Crippen LogP contribution in [-0.2, 0) is 4.79 Å². The molecule has 0 aromatic heterocycles. The van der Waals surface area contributed by atoms with Crippen LogP contribution >= 0.6 is 0 Å². The second-order valence-electron chi connectivity index (χ2n) is 3.10. The van der Waals surface area contributed by atoms with Crippen LogP contribution in [0, 0.1) is 24.4 Å². The lowest BCUT2D eigenvalue weighted by atomic mass is 10.2. The van der Waals surface area contributed by atoms with Crippen molar-refractivity contribution in [1.82, 2.24) is 0 Å². The van der Waals surface area contributed by atoms with Gasteiger partial charge in [-0.1, -0.05) is 0 Å². The molecule has 0 aliphatic carbocycles. The van der Waals surface area contributed by atoms with Gasteiger partial charge < -0.3 is 4.74 Å². The predicted molar refractivity (Wildman–Crippen MR) is 47.2 cm³/mol. The average Bonchev–Trinajstić information content (AvgIpc) is 2.14. The molecule has 0 N–H and O–H groups in total. The number of carbonyl (C=O) groups excluding carboxylic acids is 1. The lowest BCUT2D eigenvalue weighted by Gasteiger charge is -2.09. The third-order valence-electron chi connectivity index (χ3n) is 1.78. The summed E-state index contributed by atoms with van der Waals surface area (Å²) in [6.07, 6.45) is 0. The highest BCUT2D eigenvalue weighted by Crippen LogP contribution is 2.26. The van der Waals surface area contributed by atoms with Crippen LogP contribution < -0.4 is 4.74 Å². The molecular weight excluding hydrogens is 209 g/mol. The minimum Gasteiger partial charge on any atom is -0.482 e. The van der Waals surface area contributed by atoms with Crippen LogP contribution in [0.25, 0.3) is 0 Å². The fraction of sp³-hybridized carbons (Fsp3) is 0.300. The molecule has 0 unspecified atom stereocenters. The van der Waals surface area contributed by atoms with Crippen molar-refractivity contribution in [3.63, 3.8) is 0 Å². The number of halogens is 3. The van der Waals surface area contributed by atoms with Gasteiger partial charge in [0.1, 0.15) is 12.4 Å². The van der Waals surface area contributed by atoms with E-state index in [1.165, 1.54) is 13.8 Å². The summed E-state index contributed by atoms with van der Waals surface area (Å²) in [7, 11) is 0. The largest absolute Gasteiger partial charge is 0.482 e. The Morgan fingerprint density at radius 1 is 1.33 bits per heavy atom. The molecule has 0 atom stereocenters. The third kappa shape index (κ3) is 2.49. The molecule has 0 heterocycles. The molecule has 82 valence electrons. The molecule has 0 spiro atoms. The Morgan fingerprint density at radius 3 is 2.47 bits per heavy atom. The van der Waals surface area contributed by atoms with E-state index in [0.717, 1.165) is 0 Å². The van der Waals surface area contributed by atoms with Gasteiger partial charge in [0.05, 0.1) is 0 Å². The second kappa shape index (κ2) is 4.33. The van der Waals surface area contributed by atoms with Gasteiger partial charge in [0.25, 0.3) is 0 Å². The van der Waals surface area contributed by atoms with E-state index in [1.54, 1.807) is 0 Å². The van der Waals surface area contributed by atoms with E-state index in [9.17, 15) is 18.0 Å². The Labute approximate surface area is 84.7 Å². The number of hydrogen-bond donors (Lipinski definition) is 0. The maximum atomic E-state index is 13.1. The van der Waals surface area contributed by atoms with Crippen molar-refractivity contribution in [2.45, 2.75) is 13.8 Å². The summed E-state index contributed by atoms with van der Waals surface area (Å²) in [6.45, 7) is 2.05. The van der Waals surface area contributed by atoms with Crippen LogP contribution in [0.4, 0.5) is 13.2 Å². The van der Waals surface area contributed by atoms with Gasteiger partial charge in [0.15, 0.2) is 17.3 Å². The molecule has 1 rings (SSSR count). The smallest absolute Gasteiger partial charge is 0.201 e. The highest BCUT2D eigenvalue weighted by atomic mass is 19.2. The predicted octanol–water partition coefficient (Wildman–Crippen LogP) is 2.38. The molecule has 0 amide bonds. The first kappa shape index (κ1) is 11.6. The van der Waals surface area contributed by atoms with Crippen LogP contribution in [0.3, 0.4) is 0 Å². The topological polar surface area (TPSA) is 26.3 Å². The monoisotopic (exact) mass is 218 g/mol. The molecule has 0 saturated carbocycles. The van der Waals surface area contributed by atoms with Crippen LogP contribution in [0.2, 0.25) is 0 Å². The summed E-state index contributed by atoms with van der Waals surface area (Å²) in [6, 6.07) is 0.436. The zero-order valence-corrected chi connectivity index (χ0v) is 8.23. The Morgan fingerprint density at radius 2 is 1.93 bits per heavy atom. The lowest BCUT2D eigenvalue weighted by molar-refractivity contribution is -0.118. The summed E-state index contributed by atoms with van der Waals surface area (Å²) >= 11 is 0. The van der Waals surface area contributed by atoms with Crippen molar-refractivity contribution in [1.29, 1.82) is 0 Å². The zero-order chi connectivity index (χ0) is 11.6.